The van der Waals surface area contributed by atoms with Crippen molar-refractivity contribution in [3.8, 4) is 5.75 Å². The van der Waals surface area contributed by atoms with Crippen LogP contribution in [0.15, 0.2) is 42.5 Å². The van der Waals surface area contributed by atoms with Crippen LogP contribution in [0.25, 0.3) is 0 Å². The van der Waals surface area contributed by atoms with E-state index in [-0.39, 0.29) is 11.1 Å². The summed E-state index contributed by atoms with van der Waals surface area (Å²) in [4.78, 5) is 4.21. The molecule has 0 saturated carbocycles. The average molecular weight is 394 g/mol. The lowest BCUT2D eigenvalue weighted by molar-refractivity contribution is 0.169. The molecule has 0 fully saturated rings. The maximum absolute atomic E-state index is 13.3. The molecule has 7 heteroatoms. The normalized spacial score (nSPS) is 15.8. The molecule has 1 atom stereocenters. The van der Waals surface area contributed by atoms with Gasteiger partial charge in [0.25, 0.3) is 0 Å². The molecule has 26 heavy (non-hydrogen) atoms. The second-order valence-electron chi connectivity index (χ2n) is 6.19. The summed E-state index contributed by atoms with van der Waals surface area (Å²) in [6.45, 7) is 4.47. The number of hydrogen-bond acceptors (Lipinski definition) is 3. The first-order valence-electron chi connectivity index (χ1n) is 8.45. The fourth-order valence-electron chi connectivity index (χ4n) is 2.95. The zero-order valence-electron chi connectivity index (χ0n) is 14.7. The van der Waals surface area contributed by atoms with Crippen LogP contribution in [-0.4, -0.2) is 42.8 Å². The number of nitrogens with one attached hydrogen (secondary N) is 1. The van der Waals surface area contributed by atoms with Crippen molar-refractivity contribution in [3.63, 3.8) is 0 Å². The van der Waals surface area contributed by atoms with E-state index in [4.69, 9.17) is 28.6 Å². The lowest BCUT2D eigenvalue weighted by Crippen LogP contribution is -2.47. The van der Waals surface area contributed by atoms with Crippen molar-refractivity contribution in [1.29, 1.82) is 0 Å². The topological polar surface area (TPSA) is 27.7 Å². The van der Waals surface area contributed by atoms with E-state index in [2.05, 4.69) is 23.2 Å². The van der Waals surface area contributed by atoms with Gasteiger partial charge in [0, 0.05) is 19.3 Å². The van der Waals surface area contributed by atoms with Gasteiger partial charge in [-0.15, -0.1) is 0 Å². The maximum Gasteiger partial charge on any atom is 0.173 e. The molecule has 4 nitrogen and oxygen atoms in total. The number of anilines is 2. The van der Waals surface area contributed by atoms with Crippen LogP contribution in [-0.2, 0) is 0 Å². The standard InChI is InChI=1S/C19H21ClFN3OS/c1-3-24-12-14(25-18-7-5-4-6-17(18)24)11-23(2)19(26)22-13-8-9-16(21)15(20)10-13/h4-10,14H,3,11-12H2,1-2H3,(H,22,26)/t14-/m0/s1. The second kappa shape index (κ2) is 8.10. The summed E-state index contributed by atoms with van der Waals surface area (Å²) in [6.07, 6.45) is -0.00796. The Hall–Kier alpha value is -2.05. The molecule has 0 unspecified atom stereocenters. The van der Waals surface area contributed by atoms with Gasteiger partial charge in [0.2, 0.25) is 0 Å². The molecule has 0 aromatic heterocycles. The molecule has 1 N–H and O–H groups in total. The number of halogens is 2. The monoisotopic (exact) mass is 393 g/mol. The first kappa shape index (κ1) is 18.7. The molecule has 3 rings (SSSR count). The molecule has 0 aliphatic carbocycles. The van der Waals surface area contributed by atoms with Crippen molar-refractivity contribution in [2.75, 3.05) is 36.9 Å². The highest BCUT2D eigenvalue weighted by Gasteiger charge is 2.26. The Bertz CT molecular complexity index is 804. The minimum atomic E-state index is -0.453. The molecule has 2 aromatic carbocycles. The van der Waals surface area contributed by atoms with Crippen LogP contribution in [0.5, 0.6) is 5.75 Å². The van der Waals surface area contributed by atoms with Crippen molar-refractivity contribution in [3.05, 3.63) is 53.3 Å². The number of fused-ring (bicyclic) bond motifs is 1. The lowest BCUT2D eigenvalue weighted by atomic mass is 10.2. The zero-order valence-corrected chi connectivity index (χ0v) is 16.3. The van der Waals surface area contributed by atoms with Crippen molar-refractivity contribution in [1.82, 2.24) is 4.90 Å². The highest BCUT2D eigenvalue weighted by Crippen LogP contribution is 2.32. The van der Waals surface area contributed by atoms with Crippen LogP contribution >= 0.6 is 23.8 Å². The Morgan fingerprint density at radius 1 is 1.38 bits per heavy atom. The van der Waals surface area contributed by atoms with Crippen LogP contribution in [0.3, 0.4) is 0 Å². The van der Waals surface area contributed by atoms with E-state index in [1.54, 1.807) is 6.07 Å². The quantitative estimate of drug-likeness (QED) is 0.777. The Labute approximate surface area is 163 Å². The van der Waals surface area contributed by atoms with E-state index in [9.17, 15) is 4.39 Å². The minimum absolute atomic E-state index is 0.00796. The molecule has 1 heterocycles. The predicted molar refractivity (Wildman–Crippen MR) is 109 cm³/mol. The highest BCUT2D eigenvalue weighted by molar-refractivity contribution is 7.80. The van der Waals surface area contributed by atoms with Crippen LogP contribution < -0.4 is 15.0 Å². The van der Waals surface area contributed by atoms with Gasteiger partial charge in [-0.1, -0.05) is 23.7 Å². The highest BCUT2D eigenvalue weighted by atomic mass is 35.5. The molecular formula is C19H21ClFN3OS. The molecule has 1 aliphatic heterocycles. The van der Waals surface area contributed by atoms with Gasteiger partial charge < -0.3 is 19.9 Å². The van der Waals surface area contributed by atoms with Gasteiger partial charge >= 0.3 is 0 Å². The second-order valence-corrected chi connectivity index (χ2v) is 6.98. The largest absolute Gasteiger partial charge is 0.485 e. The van der Waals surface area contributed by atoms with Gasteiger partial charge in [-0.05, 0) is 49.5 Å². The van der Waals surface area contributed by atoms with Crippen LogP contribution in [0, 0.1) is 5.82 Å². The van der Waals surface area contributed by atoms with Gasteiger partial charge in [-0.25, -0.2) is 4.39 Å². The van der Waals surface area contributed by atoms with E-state index >= 15 is 0 Å². The van der Waals surface area contributed by atoms with Crippen molar-refractivity contribution in [2.24, 2.45) is 0 Å². The van der Waals surface area contributed by atoms with Gasteiger partial charge in [0.15, 0.2) is 5.11 Å². The van der Waals surface area contributed by atoms with E-state index in [0.29, 0.717) is 17.3 Å². The summed E-state index contributed by atoms with van der Waals surface area (Å²) in [5, 5.41) is 3.67. The summed E-state index contributed by atoms with van der Waals surface area (Å²) >= 11 is 11.3. The van der Waals surface area contributed by atoms with E-state index in [0.717, 1.165) is 24.5 Å². The Balaban J connectivity index is 1.63. The van der Waals surface area contributed by atoms with Crippen LogP contribution in [0.2, 0.25) is 5.02 Å². The fourth-order valence-corrected chi connectivity index (χ4v) is 3.33. The molecule has 138 valence electrons. The SMILES string of the molecule is CCN1C[C@H](CN(C)C(=S)Nc2ccc(F)c(Cl)c2)Oc2ccccc21. The van der Waals surface area contributed by atoms with Crippen LogP contribution in [0.1, 0.15) is 6.92 Å². The molecule has 2 aromatic rings. The summed E-state index contributed by atoms with van der Waals surface area (Å²) < 4.78 is 19.4. The Morgan fingerprint density at radius 2 is 2.15 bits per heavy atom. The van der Waals surface area contributed by atoms with Crippen molar-refractivity contribution < 1.29 is 9.13 Å². The fraction of sp³-hybridized carbons (Fsp3) is 0.316. The molecular weight excluding hydrogens is 373 g/mol. The third-order valence-electron chi connectivity index (χ3n) is 4.30. The van der Waals surface area contributed by atoms with Gasteiger partial charge in [-0.2, -0.15) is 0 Å². The molecule has 0 saturated heterocycles. The molecule has 1 aliphatic rings. The first-order chi connectivity index (χ1) is 12.5. The van der Waals surface area contributed by atoms with Crippen molar-refractivity contribution >= 4 is 40.3 Å². The number of thiocarbonyl (C=S) groups is 1. The zero-order chi connectivity index (χ0) is 18.7. The number of para-hydroxylation sites is 2. The molecule has 0 radical (unpaired) electrons. The Kier molecular flexibility index (Phi) is 5.84. The summed E-state index contributed by atoms with van der Waals surface area (Å²) in [6, 6.07) is 12.5. The van der Waals surface area contributed by atoms with E-state index in [1.165, 1.54) is 12.1 Å². The summed E-state index contributed by atoms with van der Waals surface area (Å²) in [5.41, 5.74) is 1.77. The van der Waals surface area contributed by atoms with Gasteiger partial charge in [0.05, 0.1) is 23.8 Å². The molecule has 0 spiro atoms. The third kappa shape index (κ3) is 4.19. The van der Waals surface area contributed by atoms with E-state index < -0.39 is 5.82 Å². The predicted octanol–water partition coefficient (Wildman–Crippen LogP) is 4.40. The number of benzene rings is 2. The van der Waals surface area contributed by atoms with Crippen molar-refractivity contribution in [2.45, 2.75) is 13.0 Å². The first-order valence-corrected chi connectivity index (χ1v) is 9.24. The third-order valence-corrected chi connectivity index (χ3v) is 5.00. The summed E-state index contributed by atoms with van der Waals surface area (Å²) in [7, 11) is 1.90. The van der Waals surface area contributed by atoms with Gasteiger partial charge in [0.1, 0.15) is 17.7 Å². The molecule has 0 bridgehead atoms. The lowest BCUT2D eigenvalue weighted by Gasteiger charge is -2.37. The number of hydrogen-bond donors (Lipinski definition) is 1. The minimum Gasteiger partial charge on any atom is -0.485 e. The van der Waals surface area contributed by atoms with E-state index in [1.807, 2.05) is 30.1 Å². The Morgan fingerprint density at radius 3 is 2.88 bits per heavy atom. The summed E-state index contributed by atoms with van der Waals surface area (Å²) in [5.74, 6) is 0.439. The smallest absolute Gasteiger partial charge is 0.173 e. The average Bonchev–Trinajstić information content (AvgIpc) is 2.64. The van der Waals surface area contributed by atoms with Gasteiger partial charge in [-0.3, -0.25) is 0 Å². The number of nitrogens with zero attached hydrogens (tertiary/aromatic N) is 2. The number of ether oxygens (including phenoxy) is 1. The number of rotatable bonds is 4. The van der Waals surface area contributed by atoms with Crippen LogP contribution in [0.4, 0.5) is 15.8 Å². The maximum atomic E-state index is 13.3. The number of likely N-dealkylation sites (N-methyl/N-ethyl adjacent to an activating group) is 2. The molecule has 0 amide bonds.